The van der Waals surface area contributed by atoms with Gasteiger partial charge in [-0.05, 0) is 30.2 Å². The number of hydrogen-bond donors (Lipinski definition) is 1. The minimum atomic E-state index is -0.454. The summed E-state index contributed by atoms with van der Waals surface area (Å²) in [6.07, 6.45) is 2.38. The van der Waals surface area contributed by atoms with Gasteiger partial charge in [0.2, 0.25) is 5.82 Å². The van der Waals surface area contributed by atoms with Crippen molar-refractivity contribution >= 4 is 11.5 Å². The van der Waals surface area contributed by atoms with Crippen LogP contribution in [-0.4, -0.2) is 15.9 Å². The maximum absolute atomic E-state index is 12.9. The molecule has 0 spiro atoms. The molecule has 2 atom stereocenters. The summed E-state index contributed by atoms with van der Waals surface area (Å²) >= 11 is 0. The van der Waals surface area contributed by atoms with Gasteiger partial charge in [-0.1, -0.05) is 12.1 Å². The van der Waals surface area contributed by atoms with Crippen LogP contribution >= 0.6 is 0 Å². The minimum Gasteiger partial charge on any atom is -0.361 e. The predicted octanol–water partition coefficient (Wildman–Crippen LogP) is 3.10. The van der Waals surface area contributed by atoms with Crippen LogP contribution in [0.5, 0.6) is 0 Å². The number of pyridine rings is 1. The van der Waals surface area contributed by atoms with Crippen molar-refractivity contribution in [3.8, 4) is 0 Å². The van der Waals surface area contributed by atoms with E-state index in [-0.39, 0.29) is 29.3 Å². The van der Waals surface area contributed by atoms with Crippen molar-refractivity contribution in [2.24, 2.45) is 0 Å². The molecule has 1 aliphatic carbocycles. The average molecular weight is 273 g/mol. The lowest BCUT2D eigenvalue weighted by Crippen LogP contribution is -2.08. The molecule has 0 aliphatic heterocycles. The van der Waals surface area contributed by atoms with Crippen LogP contribution in [0.1, 0.15) is 17.9 Å². The van der Waals surface area contributed by atoms with Gasteiger partial charge in [-0.3, -0.25) is 10.1 Å². The summed E-state index contributed by atoms with van der Waals surface area (Å²) in [7, 11) is 0. The largest absolute Gasteiger partial charge is 0.361 e. The Morgan fingerprint density at radius 3 is 2.75 bits per heavy atom. The molecule has 1 heterocycles. The number of hydrogen-bond acceptors (Lipinski definition) is 4. The first-order valence-electron chi connectivity index (χ1n) is 6.26. The number of aromatic nitrogens is 1. The number of anilines is 1. The van der Waals surface area contributed by atoms with Crippen molar-refractivity contribution in [1.82, 2.24) is 4.98 Å². The summed E-state index contributed by atoms with van der Waals surface area (Å²) in [6, 6.07) is 9.40. The number of rotatable bonds is 4. The van der Waals surface area contributed by atoms with E-state index in [1.165, 1.54) is 30.5 Å². The van der Waals surface area contributed by atoms with Crippen LogP contribution in [0.2, 0.25) is 0 Å². The fourth-order valence-electron chi connectivity index (χ4n) is 2.26. The van der Waals surface area contributed by atoms with E-state index >= 15 is 0 Å². The van der Waals surface area contributed by atoms with Crippen LogP contribution in [0.4, 0.5) is 15.9 Å². The first-order chi connectivity index (χ1) is 9.65. The monoisotopic (exact) mass is 273 g/mol. The van der Waals surface area contributed by atoms with Gasteiger partial charge in [0.1, 0.15) is 5.82 Å². The van der Waals surface area contributed by atoms with Gasteiger partial charge < -0.3 is 5.32 Å². The quantitative estimate of drug-likeness (QED) is 0.686. The van der Waals surface area contributed by atoms with Crippen molar-refractivity contribution < 1.29 is 9.31 Å². The fraction of sp³-hybridized carbons (Fsp3) is 0.214. The molecule has 3 rings (SSSR count). The van der Waals surface area contributed by atoms with Gasteiger partial charge in [0.15, 0.2) is 0 Å². The molecule has 1 aromatic carbocycles. The molecule has 0 bridgehead atoms. The molecule has 0 saturated heterocycles. The predicted molar refractivity (Wildman–Crippen MR) is 72.1 cm³/mol. The van der Waals surface area contributed by atoms with Gasteiger partial charge in [0.05, 0.1) is 4.92 Å². The number of halogens is 1. The molecule has 1 fully saturated rings. The van der Waals surface area contributed by atoms with Gasteiger partial charge in [0.25, 0.3) is 0 Å². The van der Waals surface area contributed by atoms with E-state index in [1.54, 1.807) is 12.1 Å². The highest BCUT2D eigenvalue weighted by Crippen LogP contribution is 2.43. The van der Waals surface area contributed by atoms with Gasteiger partial charge in [-0.25, -0.2) is 9.37 Å². The Bertz CT molecular complexity index is 645. The molecule has 0 unspecified atom stereocenters. The Morgan fingerprint density at radius 2 is 2.05 bits per heavy atom. The molecule has 20 heavy (non-hydrogen) atoms. The molecule has 1 aromatic heterocycles. The highest BCUT2D eigenvalue weighted by Gasteiger charge is 2.39. The molecule has 102 valence electrons. The molecular formula is C14H12FN3O2. The molecular weight excluding hydrogens is 261 g/mol. The molecule has 2 aromatic rings. The maximum atomic E-state index is 12.9. The summed E-state index contributed by atoms with van der Waals surface area (Å²) < 4.78 is 12.9. The van der Waals surface area contributed by atoms with Crippen LogP contribution in [0.25, 0.3) is 0 Å². The zero-order valence-electron chi connectivity index (χ0n) is 10.5. The third-order valence-corrected chi connectivity index (χ3v) is 3.39. The van der Waals surface area contributed by atoms with Crippen molar-refractivity contribution in [2.45, 2.75) is 18.4 Å². The lowest BCUT2D eigenvalue weighted by molar-refractivity contribution is -0.384. The highest BCUT2D eigenvalue weighted by molar-refractivity contribution is 5.57. The standard InChI is InChI=1S/C14H12FN3O2/c15-10-5-3-9(4-6-10)11-8-12(11)17-14-13(18(19)20)2-1-7-16-14/h1-7,11-12H,8H2,(H,16,17)/t11-,12+/m0/s1. The van der Waals surface area contributed by atoms with Gasteiger partial charge in [0, 0.05) is 24.2 Å². The number of nitrogens with zero attached hydrogens (tertiary/aromatic N) is 2. The van der Waals surface area contributed by atoms with Crippen molar-refractivity contribution in [2.75, 3.05) is 5.32 Å². The molecule has 1 aliphatic rings. The summed E-state index contributed by atoms with van der Waals surface area (Å²) in [5.41, 5.74) is 1.000. The van der Waals surface area contributed by atoms with Gasteiger partial charge in [-0.15, -0.1) is 0 Å². The number of nitrogens with one attached hydrogen (secondary N) is 1. The first-order valence-corrected chi connectivity index (χ1v) is 6.26. The van der Waals surface area contributed by atoms with E-state index in [1.807, 2.05) is 0 Å². The van der Waals surface area contributed by atoms with Gasteiger partial charge in [-0.2, -0.15) is 0 Å². The van der Waals surface area contributed by atoms with Crippen molar-refractivity contribution in [1.29, 1.82) is 0 Å². The maximum Gasteiger partial charge on any atom is 0.311 e. The number of nitro groups is 1. The van der Waals surface area contributed by atoms with E-state index < -0.39 is 4.92 Å². The lowest BCUT2D eigenvalue weighted by atomic mass is 10.1. The Hall–Kier alpha value is -2.50. The van der Waals surface area contributed by atoms with E-state index in [0.29, 0.717) is 0 Å². The molecule has 5 nitrogen and oxygen atoms in total. The Kier molecular flexibility index (Phi) is 3.06. The minimum absolute atomic E-state index is 0.0303. The van der Waals surface area contributed by atoms with E-state index in [9.17, 15) is 14.5 Å². The van der Waals surface area contributed by atoms with Crippen LogP contribution < -0.4 is 5.32 Å². The van der Waals surface area contributed by atoms with E-state index in [2.05, 4.69) is 10.3 Å². The zero-order chi connectivity index (χ0) is 14.1. The molecule has 1 N–H and O–H groups in total. The summed E-state index contributed by atoms with van der Waals surface area (Å²) in [6.45, 7) is 0. The third-order valence-electron chi connectivity index (χ3n) is 3.39. The second-order valence-electron chi connectivity index (χ2n) is 4.77. The topological polar surface area (TPSA) is 68.1 Å². The molecule has 6 heteroatoms. The molecule has 0 amide bonds. The Labute approximate surface area is 114 Å². The Morgan fingerprint density at radius 1 is 1.30 bits per heavy atom. The smallest absolute Gasteiger partial charge is 0.311 e. The highest BCUT2D eigenvalue weighted by atomic mass is 19.1. The second-order valence-corrected chi connectivity index (χ2v) is 4.77. The first kappa shape index (κ1) is 12.5. The second kappa shape index (κ2) is 4.88. The molecule has 1 saturated carbocycles. The average Bonchev–Trinajstić information content (AvgIpc) is 3.19. The lowest BCUT2D eigenvalue weighted by Gasteiger charge is -2.05. The fourth-order valence-corrected chi connectivity index (χ4v) is 2.26. The van der Waals surface area contributed by atoms with E-state index in [4.69, 9.17) is 0 Å². The van der Waals surface area contributed by atoms with Crippen molar-refractivity contribution in [3.05, 3.63) is 64.1 Å². The number of benzene rings is 1. The van der Waals surface area contributed by atoms with Crippen LogP contribution in [0.3, 0.4) is 0 Å². The summed E-state index contributed by atoms with van der Waals surface area (Å²) in [4.78, 5) is 14.5. The summed E-state index contributed by atoms with van der Waals surface area (Å²) in [5, 5.41) is 14.0. The van der Waals surface area contributed by atoms with Crippen LogP contribution in [0.15, 0.2) is 42.6 Å². The van der Waals surface area contributed by atoms with Crippen LogP contribution in [-0.2, 0) is 0 Å². The normalized spacial score (nSPS) is 20.4. The molecule has 0 radical (unpaired) electrons. The van der Waals surface area contributed by atoms with Gasteiger partial charge >= 0.3 is 5.69 Å². The van der Waals surface area contributed by atoms with E-state index in [0.717, 1.165) is 12.0 Å². The van der Waals surface area contributed by atoms with Crippen LogP contribution in [0, 0.1) is 15.9 Å². The summed E-state index contributed by atoms with van der Waals surface area (Å²) in [5.74, 6) is 0.267. The van der Waals surface area contributed by atoms with Crippen molar-refractivity contribution in [3.63, 3.8) is 0 Å². The Balaban J connectivity index is 1.72. The SMILES string of the molecule is O=[N+]([O-])c1cccnc1N[C@@H]1C[C@H]1c1ccc(F)cc1. The zero-order valence-corrected chi connectivity index (χ0v) is 10.5. The third kappa shape index (κ3) is 2.45.